The van der Waals surface area contributed by atoms with Gasteiger partial charge in [-0.25, -0.2) is 0 Å². The zero-order chi connectivity index (χ0) is 13.5. The number of amides is 1. The highest BCUT2D eigenvalue weighted by molar-refractivity contribution is 5.77. The van der Waals surface area contributed by atoms with Gasteiger partial charge in [0.25, 0.3) is 0 Å². The molecule has 0 saturated carbocycles. The van der Waals surface area contributed by atoms with Crippen LogP contribution in [0.15, 0.2) is 18.3 Å². The number of likely N-dealkylation sites (tertiary alicyclic amines) is 1. The smallest absolute Gasteiger partial charge is 0.234 e. The minimum atomic E-state index is 0.100. The van der Waals surface area contributed by atoms with Gasteiger partial charge in [-0.2, -0.15) is 0 Å². The number of carbonyl (C=O) groups excluding carboxylic acids is 1. The lowest BCUT2D eigenvalue weighted by atomic mass is 10.1. The van der Waals surface area contributed by atoms with Gasteiger partial charge in [-0.05, 0) is 44.0 Å². The topological polar surface area (TPSA) is 45.2 Å². The molecule has 1 aliphatic rings. The molecule has 4 heteroatoms. The van der Waals surface area contributed by atoms with E-state index in [4.69, 9.17) is 0 Å². The van der Waals surface area contributed by atoms with Crippen LogP contribution in [0.2, 0.25) is 0 Å². The van der Waals surface area contributed by atoms with Crippen LogP contribution in [0.5, 0.6) is 0 Å². The van der Waals surface area contributed by atoms with Gasteiger partial charge < -0.3 is 5.32 Å². The molecule has 1 N–H and O–H groups in total. The number of nitrogens with zero attached hydrogens (tertiary/aromatic N) is 2. The Kier molecular flexibility index (Phi) is 5.33. The molecule has 0 aliphatic carbocycles. The molecule has 1 aliphatic heterocycles. The molecule has 1 aromatic heterocycles. The fraction of sp³-hybridized carbons (Fsp3) is 0.600. The van der Waals surface area contributed by atoms with Crippen LogP contribution in [0.3, 0.4) is 0 Å². The number of hydrogen-bond donors (Lipinski definition) is 1. The van der Waals surface area contributed by atoms with Crippen molar-refractivity contribution in [3.05, 3.63) is 29.6 Å². The zero-order valence-corrected chi connectivity index (χ0v) is 11.7. The third kappa shape index (κ3) is 4.63. The standard InChI is InChI=1S/C15H23N3O/c1-2-13-6-7-14(16-10-13)11-17-15(19)12-18-8-4-3-5-9-18/h6-7,10H,2-5,8-9,11-12H2,1H3,(H,17,19). The van der Waals surface area contributed by atoms with Crippen molar-refractivity contribution in [2.75, 3.05) is 19.6 Å². The summed E-state index contributed by atoms with van der Waals surface area (Å²) in [5.41, 5.74) is 2.15. The van der Waals surface area contributed by atoms with Crippen LogP contribution < -0.4 is 5.32 Å². The molecule has 1 fully saturated rings. The highest BCUT2D eigenvalue weighted by atomic mass is 16.2. The van der Waals surface area contributed by atoms with Crippen LogP contribution in [0.1, 0.15) is 37.4 Å². The summed E-state index contributed by atoms with van der Waals surface area (Å²) >= 11 is 0. The van der Waals surface area contributed by atoms with Crippen LogP contribution in [0.25, 0.3) is 0 Å². The molecule has 0 aromatic carbocycles. The summed E-state index contributed by atoms with van der Waals surface area (Å²) in [7, 11) is 0. The molecule has 104 valence electrons. The fourth-order valence-electron chi connectivity index (χ4n) is 2.33. The molecule has 0 bridgehead atoms. The van der Waals surface area contributed by atoms with Gasteiger partial charge in [0.05, 0.1) is 18.8 Å². The highest BCUT2D eigenvalue weighted by Gasteiger charge is 2.13. The van der Waals surface area contributed by atoms with Crippen LogP contribution in [-0.4, -0.2) is 35.4 Å². The predicted molar refractivity (Wildman–Crippen MR) is 75.8 cm³/mol. The summed E-state index contributed by atoms with van der Waals surface area (Å²) in [6.07, 6.45) is 6.60. The zero-order valence-electron chi connectivity index (χ0n) is 11.7. The number of aromatic nitrogens is 1. The van der Waals surface area contributed by atoms with Gasteiger partial charge in [0.1, 0.15) is 0 Å². The van der Waals surface area contributed by atoms with Crippen molar-refractivity contribution in [3.8, 4) is 0 Å². The van der Waals surface area contributed by atoms with E-state index in [9.17, 15) is 4.79 Å². The first kappa shape index (κ1) is 14.0. The Morgan fingerprint density at radius 1 is 1.32 bits per heavy atom. The van der Waals surface area contributed by atoms with Crippen molar-refractivity contribution >= 4 is 5.91 Å². The molecule has 4 nitrogen and oxygen atoms in total. The summed E-state index contributed by atoms with van der Waals surface area (Å²) < 4.78 is 0. The largest absolute Gasteiger partial charge is 0.349 e. The minimum absolute atomic E-state index is 0.100. The molecule has 19 heavy (non-hydrogen) atoms. The van der Waals surface area contributed by atoms with Crippen molar-refractivity contribution in [3.63, 3.8) is 0 Å². The van der Waals surface area contributed by atoms with Crippen LogP contribution in [0, 0.1) is 0 Å². The number of rotatable bonds is 5. The lowest BCUT2D eigenvalue weighted by molar-refractivity contribution is -0.122. The summed E-state index contributed by atoms with van der Waals surface area (Å²) in [6.45, 7) is 5.26. The number of piperidine rings is 1. The van der Waals surface area contributed by atoms with E-state index < -0.39 is 0 Å². The average Bonchev–Trinajstić information content (AvgIpc) is 2.47. The first-order valence-corrected chi connectivity index (χ1v) is 7.21. The monoisotopic (exact) mass is 261 g/mol. The molecule has 0 unspecified atom stereocenters. The lowest BCUT2D eigenvalue weighted by Gasteiger charge is -2.25. The molecule has 1 aromatic rings. The molecule has 0 radical (unpaired) electrons. The summed E-state index contributed by atoms with van der Waals surface area (Å²) in [5, 5.41) is 2.94. The Labute approximate surface area is 115 Å². The van der Waals surface area contributed by atoms with Crippen molar-refractivity contribution in [2.24, 2.45) is 0 Å². The fourth-order valence-corrected chi connectivity index (χ4v) is 2.33. The predicted octanol–water partition coefficient (Wildman–Crippen LogP) is 1.75. The van der Waals surface area contributed by atoms with Crippen molar-refractivity contribution in [2.45, 2.75) is 39.2 Å². The Morgan fingerprint density at radius 3 is 2.74 bits per heavy atom. The Morgan fingerprint density at radius 2 is 2.11 bits per heavy atom. The van der Waals surface area contributed by atoms with E-state index in [1.165, 1.54) is 24.8 Å². The molecule has 0 spiro atoms. The third-order valence-corrected chi connectivity index (χ3v) is 3.58. The summed E-state index contributed by atoms with van der Waals surface area (Å²) in [5.74, 6) is 0.100. The van der Waals surface area contributed by atoms with Crippen LogP contribution >= 0.6 is 0 Å². The lowest BCUT2D eigenvalue weighted by Crippen LogP contribution is -2.39. The van der Waals surface area contributed by atoms with Gasteiger partial charge in [-0.3, -0.25) is 14.7 Å². The van der Waals surface area contributed by atoms with E-state index in [-0.39, 0.29) is 5.91 Å². The molecular formula is C15H23N3O. The van der Waals surface area contributed by atoms with E-state index in [2.05, 4.69) is 28.2 Å². The molecule has 0 atom stereocenters. The number of nitrogens with one attached hydrogen (secondary N) is 1. The molecule has 1 amide bonds. The Bertz CT molecular complexity index is 396. The maximum absolute atomic E-state index is 11.8. The average molecular weight is 261 g/mol. The SMILES string of the molecule is CCc1ccc(CNC(=O)CN2CCCCC2)nc1. The Hall–Kier alpha value is -1.42. The second-order valence-corrected chi connectivity index (χ2v) is 5.12. The second kappa shape index (κ2) is 7.24. The van der Waals surface area contributed by atoms with Crippen LogP contribution in [0.4, 0.5) is 0 Å². The van der Waals surface area contributed by atoms with E-state index in [0.29, 0.717) is 13.1 Å². The number of aryl methyl sites for hydroxylation is 1. The maximum atomic E-state index is 11.8. The normalized spacial score (nSPS) is 16.3. The van der Waals surface area contributed by atoms with Gasteiger partial charge in [0.2, 0.25) is 5.91 Å². The molecule has 2 rings (SSSR count). The van der Waals surface area contributed by atoms with Crippen molar-refractivity contribution in [1.29, 1.82) is 0 Å². The van der Waals surface area contributed by atoms with Gasteiger partial charge in [-0.15, -0.1) is 0 Å². The van der Waals surface area contributed by atoms with E-state index in [1.807, 2.05) is 12.3 Å². The van der Waals surface area contributed by atoms with Crippen LogP contribution in [-0.2, 0) is 17.8 Å². The van der Waals surface area contributed by atoms with Crippen molar-refractivity contribution < 1.29 is 4.79 Å². The van der Waals surface area contributed by atoms with E-state index >= 15 is 0 Å². The van der Waals surface area contributed by atoms with Crippen molar-refractivity contribution in [1.82, 2.24) is 15.2 Å². The summed E-state index contributed by atoms with van der Waals surface area (Å²) in [6, 6.07) is 4.05. The Balaban J connectivity index is 1.72. The number of hydrogen-bond acceptors (Lipinski definition) is 3. The van der Waals surface area contributed by atoms with Gasteiger partial charge >= 0.3 is 0 Å². The highest BCUT2D eigenvalue weighted by Crippen LogP contribution is 2.07. The summed E-state index contributed by atoms with van der Waals surface area (Å²) in [4.78, 5) is 18.4. The molecule has 2 heterocycles. The van der Waals surface area contributed by atoms with E-state index in [0.717, 1.165) is 25.2 Å². The maximum Gasteiger partial charge on any atom is 0.234 e. The second-order valence-electron chi connectivity index (χ2n) is 5.12. The molecule has 1 saturated heterocycles. The van der Waals surface area contributed by atoms with Gasteiger partial charge in [0.15, 0.2) is 0 Å². The number of carbonyl (C=O) groups is 1. The first-order valence-electron chi connectivity index (χ1n) is 7.21. The molecular weight excluding hydrogens is 238 g/mol. The first-order chi connectivity index (χ1) is 9.28. The third-order valence-electron chi connectivity index (χ3n) is 3.58. The van der Waals surface area contributed by atoms with Gasteiger partial charge in [-0.1, -0.05) is 19.4 Å². The van der Waals surface area contributed by atoms with E-state index in [1.54, 1.807) is 0 Å². The quantitative estimate of drug-likeness (QED) is 0.878. The minimum Gasteiger partial charge on any atom is -0.349 e. The number of pyridine rings is 1. The van der Waals surface area contributed by atoms with Gasteiger partial charge in [0, 0.05) is 6.20 Å².